The maximum atomic E-state index is 14.5. The largest absolute Gasteiger partial charge is 0.362 e. The third-order valence-corrected chi connectivity index (χ3v) is 6.74. The molecule has 2 aromatic heterocycles. The third-order valence-electron chi connectivity index (χ3n) is 6.74. The molecular weight excluding hydrogens is 424 g/mol. The van der Waals surface area contributed by atoms with E-state index in [0.717, 1.165) is 12.5 Å². The molecule has 4 rings (SSSR count). The van der Waals surface area contributed by atoms with Crippen molar-refractivity contribution in [1.82, 2.24) is 14.5 Å². The van der Waals surface area contributed by atoms with Crippen LogP contribution >= 0.6 is 0 Å². The zero-order valence-electron chi connectivity index (χ0n) is 19.2. The molecule has 172 valence electrons. The van der Waals surface area contributed by atoms with E-state index in [1.165, 1.54) is 16.7 Å². The topological polar surface area (TPSA) is 45.7 Å². The predicted molar refractivity (Wildman–Crippen MR) is 126 cm³/mol. The molecule has 1 fully saturated rings. The molecule has 1 aliphatic heterocycles. The summed E-state index contributed by atoms with van der Waals surface area (Å²) in [6.45, 7) is 14.7. The van der Waals surface area contributed by atoms with E-state index in [2.05, 4.69) is 33.5 Å². The maximum Gasteiger partial charge on any atom is 0.270 e. The monoisotopic (exact) mass is 451 g/mol. The molecule has 0 aliphatic carbocycles. The van der Waals surface area contributed by atoms with E-state index in [1.54, 1.807) is 25.2 Å². The number of anilines is 1. The van der Waals surface area contributed by atoms with Gasteiger partial charge in [-0.3, -0.25) is 9.69 Å². The van der Waals surface area contributed by atoms with Crippen molar-refractivity contribution in [3.8, 4) is 0 Å². The number of nitrogens with zero attached hydrogens (tertiary/aromatic N) is 5. The molecule has 0 bridgehead atoms. The van der Waals surface area contributed by atoms with Crippen LogP contribution < -0.4 is 10.5 Å². The summed E-state index contributed by atoms with van der Waals surface area (Å²) in [4.78, 5) is 25.1. The maximum absolute atomic E-state index is 14.5. The summed E-state index contributed by atoms with van der Waals surface area (Å²) < 4.78 is 29.5. The van der Waals surface area contributed by atoms with E-state index in [4.69, 9.17) is 6.57 Å². The molecule has 0 N–H and O–H groups in total. The molecule has 6 nitrogen and oxygen atoms in total. The van der Waals surface area contributed by atoms with Crippen LogP contribution in [0, 0.1) is 18.2 Å². The van der Waals surface area contributed by atoms with Crippen LogP contribution in [0.25, 0.3) is 15.9 Å². The molecule has 1 aliphatic rings. The van der Waals surface area contributed by atoms with Crippen molar-refractivity contribution in [1.29, 1.82) is 0 Å². The lowest BCUT2D eigenvalue weighted by atomic mass is 9.97. The number of hydrogen-bond acceptors (Lipinski definition) is 4. The van der Waals surface area contributed by atoms with E-state index in [1.807, 2.05) is 6.92 Å². The van der Waals surface area contributed by atoms with Crippen molar-refractivity contribution < 1.29 is 8.78 Å². The van der Waals surface area contributed by atoms with Gasteiger partial charge in [0.25, 0.3) is 11.4 Å². The van der Waals surface area contributed by atoms with E-state index < -0.39 is 11.6 Å². The van der Waals surface area contributed by atoms with Crippen LogP contribution in [0.5, 0.6) is 0 Å². The molecule has 33 heavy (non-hydrogen) atoms. The van der Waals surface area contributed by atoms with Gasteiger partial charge in [-0.1, -0.05) is 19.6 Å². The van der Waals surface area contributed by atoms with Crippen molar-refractivity contribution in [2.45, 2.75) is 45.3 Å². The van der Waals surface area contributed by atoms with Crippen LogP contribution in [0.15, 0.2) is 41.2 Å². The van der Waals surface area contributed by atoms with Gasteiger partial charge in [-0.2, -0.15) is 0 Å². The number of fused-ring (bicyclic) bond motifs is 1. The molecule has 0 saturated carbocycles. The Labute approximate surface area is 191 Å². The van der Waals surface area contributed by atoms with Gasteiger partial charge in [0, 0.05) is 56.0 Å². The summed E-state index contributed by atoms with van der Waals surface area (Å²) in [5, 5.41) is 0. The minimum absolute atomic E-state index is 0.00691. The smallest absolute Gasteiger partial charge is 0.270 e. The number of aryl methyl sites for hydroxylation is 1. The van der Waals surface area contributed by atoms with Crippen LogP contribution in [-0.2, 0) is 7.05 Å². The number of pyridine rings is 2. The first kappa shape index (κ1) is 22.9. The Morgan fingerprint density at radius 3 is 2.64 bits per heavy atom. The molecule has 8 heteroatoms. The highest BCUT2D eigenvalue weighted by Crippen LogP contribution is 2.34. The molecule has 1 aromatic carbocycles. The summed E-state index contributed by atoms with van der Waals surface area (Å²) in [5.41, 5.74) is 2.34. The van der Waals surface area contributed by atoms with Gasteiger partial charge < -0.3 is 14.3 Å². The second kappa shape index (κ2) is 8.91. The standard InChI is InChI=1S/C25H27F2N5O/c1-6-18-14-31(15(2)13-32(18)16(3)19-8-7-17(26)11-20(19)27)22-12-24(33)30(5)21-9-10-23(28-4)29-25(21)22/h7-12,15-16,18H,6,13-14H2,1-3,5H3/t15-,16?,18+/m0/s1. The number of hydrogen-bond donors (Lipinski definition) is 0. The molecule has 0 radical (unpaired) electrons. The summed E-state index contributed by atoms with van der Waals surface area (Å²) in [5.74, 6) is -0.848. The number of piperazine rings is 1. The molecule has 1 saturated heterocycles. The van der Waals surface area contributed by atoms with E-state index in [-0.39, 0.29) is 29.5 Å². The Kier molecular flexibility index (Phi) is 6.17. The number of halogens is 2. The Bertz CT molecular complexity index is 1300. The lowest BCUT2D eigenvalue weighted by Crippen LogP contribution is -2.58. The van der Waals surface area contributed by atoms with Gasteiger partial charge in [-0.25, -0.2) is 8.78 Å². The first-order valence-electron chi connectivity index (χ1n) is 11.1. The second-order valence-corrected chi connectivity index (χ2v) is 8.68. The van der Waals surface area contributed by atoms with Gasteiger partial charge in [-0.15, -0.1) is 4.98 Å². The van der Waals surface area contributed by atoms with E-state index in [0.29, 0.717) is 35.4 Å². The SMILES string of the molecule is [C-]#[N+]c1ccc2c(n1)c(N1C[C@@H](CC)N(C(C)c3ccc(F)cc3F)C[C@@H]1C)cc(=O)n2C. The summed E-state index contributed by atoms with van der Waals surface area (Å²) >= 11 is 0. The fraction of sp³-hybridized carbons (Fsp3) is 0.400. The Morgan fingerprint density at radius 1 is 1.21 bits per heavy atom. The van der Waals surface area contributed by atoms with Crippen molar-refractivity contribution in [2.24, 2.45) is 7.05 Å². The Hall–Kier alpha value is -3.31. The Morgan fingerprint density at radius 2 is 1.97 bits per heavy atom. The third kappa shape index (κ3) is 4.09. The molecule has 0 spiro atoms. The molecule has 3 atom stereocenters. The van der Waals surface area contributed by atoms with Crippen molar-refractivity contribution >= 4 is 22.5 Å². The zero-order chi connectivity index (χ0) is 23.9. The van der Waals surface area contributed by atoms with E-state index in [9.17, 15) is 13.6 Å². The van der Waals surface area contributed by atoms with E-state index >= 15 is 0 Å². The number of rotatable bonds is 4. The average molecular weight is 452 g/mol. The first-order valence-corrected chi connectivity index (χ1v) is 11.1. The minimum Gasteiger partial charge on any atom is -0.362 e. The fourth-order valence-electron chi connectivity index (χ4n) is 4.84. The van der Waals surface area contributed by atoms with Crippen molar-refractivity contribution in [3.05, 3.63) is 75.4 Å². The highest BCUT2D eigenvalue weighted by molar-refractivity contribution is 5.89. The average Bonchev–Trinajstić information content (AvgIpc) is 2.80. The highest BCUT2D eigenvalue weighted by atomic mass is 19.1. The predicted octanol–water partition coefficient (Wildman–Crippen LogP) is 4.81. The van der Waals surface area contributed by atoms with Crippen LogP contribution in [0.2, 0.25) is 0 Å². The lowest BCUT2D eigenvalue weighted by Gasteiger charge is -2.48. The summed E-state index contributed by atoms with van der Waals surface area (Å²) in [7, 11) is 1.70. The quantitative estimate of drug-likeness (QED) is 0.534. The van der Waals surface area contributed by atoms with Gasteiger partial charge in [-0.05, 0) is 38.5 Å². The van der Waals surface area contributed by atoms with Gasteiger partial charge >= 0.3 is 0 Å². The molecule has 3 heterocycles. The van der Waals surface area contributed by atoms with Gasteiger partial charge in [0.05, 0.1) is 11.2 Å². The molecule has 0 amide bonds. The highest BCUT2D eigenvalue weighted by Gasteiger charge is 2.36. The van der Waals surface area contributed by atoms with Crippen molar-refractivity contribution in [3.63, 3.8) is 0 Å². The minimum atomic E-state index is -0.586. The van der Waals surface area contributed by atoms with Gasteiger partial charge in [0.1, 0.15) is 11.6 Å². The second-order valence-electron chi connectivity index (χ2n) is 8.68. The Balaban J connectivity index is 1.73. The normalized spacial score (nSPS) is 20.1. The molecule has 3 aromatic rings. The molecule has 1 unspecified atom stereocenters. The van der Waals surface area contributed by atoms with Crippen LogP contribution in [0.4, 0.5) is 20.3 Å². The van der Waals surface area contributed by atoms with Gasteiger partial charge in [0.15, 0.2) is 0 Å². The van der Waals surface area contributed by atoms with Gasteiger partial charge in [0.2, 0.25) is 5.52 Å². The fourth-order valence-corrected chi connectivity index (χ4v) is 4.84. The van der Waals surface area contributed by atoms with Crippen LogP contribution in [0.3, 0.4) is 0 Å². The summed E-state index contributed by atoms with van der Waals surface area (Å²) in [6, 6.07) is 8.57. The first-order chi connectivity index (χ1) is 15.7. The van der Waals surface area contributed by atoms with Crippen LogP contribution in [0.1, 0.15) is 38.8 Å². The van der Waals surface area contributed by atoms with Crippen LogP contribution in [-0.4, -0.2) is 39.6 Å². The number of aromatic nitrogens is 2. The molecular formula is C25H27F2N5O. The summed E-state index contributed by atoms with van der Waals surface area (Å²) in [6.07, 6.45) is 0.819. The zero-order valence-corrected chi connectivity index (χ0v) is 19.2. The lowest BCUT2D eigenvalue weighted by molar-refractivity contribution is 0.104. The van der Waals surface area contributed by atoms with Crippen molar-refractivity contribution in [2.75, 3.05) is 18.0 Å². The number of benzene rings is 1.